The fourth-order valence-corrected chi connectivity index (χ4v) is 5.63. The van der Waals surface area contributed by atoms with E-state index in [0.29, 0.717) is 23.0 Å². The Morgan fingerprint density at radius 2 is 1.88 bits per heavy atom. The minimum atomic E-state index is -3.67. The van der Waals surface area contributed by atoms with Gasteiger partial charge in [0.15, 0.2) is 15.6 Å². The Bertz CT molecular complexity index is 1260. The number of benzene rings is 2. The molecular formula is C22H19BrF2N2O4S. The first-order valence-corrected chi connectivity index (χ1v) is 12.5. The van der Waals surface area contributed by atoms with E-state index in [4.69, 9.17) is 0 Å². The monoisotopic (exact) mass is 524 g/mol. The highest BCUT2D eigenvalue weighted by Gasteiger charge is 2.41. The molecule has 1 unspecified atom stereocenters. The highest BCUT2D eigenvalue weighted by Crippen LogP contribution is 2.41. The molecule has 10 heteroatoms. The highest BCUT2D eigenvalue weighted by molar-refractivity contribution is 9.10. The molecule has 0 aromatic heterocycles. The number of nitrogens with one attached hydrogen (secondary N) is 1. The zero-order valence-corrected chi connectivity index (χ0v) is 19.3. The third-order valence-corrected chi connectivity index (χ3v) is 7.17. The molecule has 2 aromatic carbocycles. The average molecular weight is 525 g/mol. The molecule has 0 fully saturated rings. The predicted octanol–water partition coefficient (Wildman–Crippen LogP) is 5.07. The van der Waals surface area contributed by atoms with Gasteiger partial charge in [-0.1, -0.05) is 34.1 Å². The number of carbonyl (C=O) groups excluding carboxylic acids is 2. The number of rotatable bonds is 4. The van der Waals surface area contributed by atoms with Crippen molar-refractivity contribution in [1.29, 1.82) is 0 Å². The number of hydrogen-bond acceptors (Lipinski definition) is 4. The average Bonchev–Trinajstić information content (AvgIpc) is 2.72. The Balaban J connectivity index is 1.91. The maximum atomic E-state index is 13.2. The molecule has 1 aliphatic carbocycles. The SMILES string of the molecule is CS(=O)(=O)c1cc(Br)ccc1C1NC(=O)N(c2cccc(C(F)F)c2)C2=C1C(=O)CCC2. The number of halogens is 3. The summed E-state index contributed by atoms with van der Waals surface area (Å²) >= 11 is 3.26. The van der Waals surface area contributed by atoms with Crippen molar-refractivity contribution in [3.8, 4) is 0 Å². The van der Waals surface area contributed by atoms with Crippen molar-refractivity contribution in [2.75, 3.05) is 11.2 Å². The number of hydrogen-bond donors (Lipinski definition) is 1. The first-order valence-electron chi connectivity index (χ1n) is 9.82. The number of amides is 2. The summed E-state index contributed by atoms with van der Waals surface area (Å²) in [6, 6.07) is 8.50. The van der Waals surface area contributed by atoms with Crippen LogP contribution in [0, 0.1) is 0 Å². The molecule has 0 saturated carbocycles. The summed E-state index contributed by atoms with van der Waals surface area (Å²) in [5, 5.41) is 2.73. The molecule has 32 heavy (non-hydrogen) atoms. The van der Waals surface area contributed by atoms with Gasteiger partial charge in [-0.15, -0.1) is 0 Å². The number of sulfone groups is 1. The van der Waals surface area contributed by atoms with Crippen LogP contribution >= 0.6 is 15.9 Å². The maximum Gasteiger partial charge on any atom is 0.327 e. The second-order valence-electron chi connectivity index (χ2n) is 7.71. The smallest absolute Gasteiger partial charge is 0.326 e. The van der Waals surface area contributed by atoms with Crippen LogP contribution < -0.4 is 10.2 Å². The van der Waals surface area contributed by atoms with Crippen LogP contribution in [-0.2, 0) is 14.6 Å². The fraction of sp³-hybridized carbons (Fsp3) is 0.273. The summed E-state index contributed by atoms with van der Waals surface area (Å²) in [5.41, 5.74) is 0.955. The van der Waals surface area contributed by atoms with E-state index >= 15 is 0 Å². The van der Waals surface area contributed by atoms with E-state index in [1.807, 2.05) is 0 Å². The van der Waals surface area contributed by atoms with Gasteiger partial charge in [-0.3, -0.25) is 9.69 Å². The molecule has 1 atom stereocenters. The number of carbonyl (C=O) groups is 2. The maximum absolute atomic E-state index is 13.2. The second kappa shape index (κ2) is 8.40. The van der Waals surface area contributed by atoms with Crippen LogP contribution in [-0.4, -0.2) is 26.5 Å². The lowest BCUT2D eigenvalue weighted by molar-refractivity contribution is -0.116. The summed E-state index contributed by atoms with van der Waals surface area (Å²) in [4.78, 5) is 27.4. The molecule has 0 bridgehead atoms. The van der Waals surface area contributed by atoms with E-state index < -0.39 is 28.3 Å². The molecule has 0 radical (unpaired) electrons. The van der Waals surface area contributed by atoms with Gasteiger partial charge in [0.2, 0.25) is 0 Å². The Morgan fingerprint density at radius 1 is 1.12 bits per heavy atom. The quantitative estimate of drug-likeness (QED) is 0.605. The first kappa shape index (κ1) is 22.6. The van der Waals surface area contributed by atoms with Crippen LogP contribution in [0.25, 0.3) is 0 Å². The van der Waals surface area contributed by atoms with Crippen molar-refractivity contribution < 1.29 is 26.8 Å². The number of alkyl halides is 2. The zero-order chi connectivity index (χ0) is 23.2. The van der Waals surface area contributed by atoms with Crippen molar-refractivity contribution in [1.82, 2.24) is 5.32 Å². The predicted molar refractivity (Wildman–Crippen MR) is 118 cm³/mol. The van der Waals surface area contributed by atoms with Crippen LogP contribution in [0.5, 0.6) is 0 Å². The first-order chi connectivity index (χ1) is 15.1. The standard InChI is InChI=1S/C22H19BrF2N2O4S/c1-32(30,31)18-11-13(23)8-9-15(18)20-19-16(6-3-7-17(19)28)27(22(29)26-20)14-5-2-4-12(10-14)21(24)25/h2,4-5,8-11,20-21H,3,6-7H2,1H3,(H,26,29). The van der Waals surface area contributed by atoms with Gasteiger partial charge in [0, 0.05) is 34.0 Å². The molecule has 1 heterocycles. The van der Waals surface area contributed by atoms with E-state index in [1.54, 1.807) is 12.1 Å². The number of urea groups is 1. The van der Waals surface area contributed by atoms with Gasteiger partial charge in [-0.25, -0.2) is 22.0 Å². The normalized spacial score (nSPS) is 19.3. The Labute approximate surface area is 192 Å². The molecular weight excluding hydrogens is 506 g/mol. The summed E-state index contributed by atoms with van der Waals surface area (Å²) in [7, 11) is -3.67. The van der Waals surface area contributed by atoms with Crippen molar-refractivity contribution in [3.63, 3.8) is 0 Å². The number of anilines is 1. The van der Waals surface area contributed by atoms with Crippen molar-refractivity contribution >= 4 is 43.3 Å². The van der Waals surface area contributed by atoms with Gasteiger partial charge in [-0.05, 0) is 42.7 Å². The molecule has 0 saturated heterocycles. The van der Waals surface area contributed by atoms with Crippen LogP contribution in [0.2, 0.25) is 0 Å². The number of Topliss-reactive ketones (excluding diaryl/α,β-unsaturated/α-hetero) is 1. The lowest BCUT2D eigenvalue weighted by atomic mass is 9.84. The molecule has 4 rings (SSSR count). The molecule has 0 spiro atoms. The van der Waals surface area contributed by atoms with E-state index in [-0.39, 0.29) is 39.5 Å². The van der Waals surface area contributed by atoms with Gasteiger partial charge in [0.05, 0.1) is 16.6 Å². The van der Waals surface area contributed by atoms with Gasteiger partial charge in [0.25, 0.3) is 6.43 Å². The lowest BCUT2D eigenvalue weighted by Gasteiger charge is -2.39. The lowest BCUT2D eigenvalue weighted by Crippen LogP contribution is -2.49. The van der Waals surface area contributed by atoms with Crippen LogP contribution in [0.3, 0.4) is 0 Å². The third kappa shape index (κ3) is 4.09. The van der Waals surface area contributed by atoms with Gasteiger partial charge in [0.1, 0.15) is 0 Å². The van der Waals surface area contributed by atoms with Crippen LogP contribution in [0.1, 0.15) is 42.9 Å². The van der Waals surface area contributed by atoms with Gasteiger partial charge < -0.3 is 5.32 Å². The van der Waals surface area contributed by atoms with E-state index in [9.17, 15) is 26.8 Å². The zero-order valence-electron chi connectivity index (χ0n) is 16.9. The third-order valence-electron chi connectivity index (χ3n) is 5.52. The largest absolute Gasteiger partial charge is 0.327 e. The Kier molecular flexibility index (Phi) is 5.93. The highest BCUT2D eigenvalue weighted by atomic mass is 79.9. The number of ketones is 1. The molecule has 1 aliphatic heterocycles. The number of allylic oxidation sites excluding steroid dienone is 1. The molecule has 2 aliphatic rings. The van der Waals surface area contributed by atoms with E-state index in [1.165, 1.54) is 35.2 Å². The van der Waals surface area contributed by atoms with Crippen LogP contribution in [0.4, 0.5) is 19.3 Å². The second-order valence-corrected chi connectivity index (χ2v) is 10.6. The molecule has 6 nitrogen and oxygen atoms in total. The Hall–Kier alpha value is -2.59. The van der Waals surface area contributed by atoms with E-state index in [0.717, 1.165) is 6.26 Å². The minimum Gasteiger partial charge on any atom is -0.326 e. The molecule has 2 amide bonds. The summed E-state index contributed by atoms with van der Waals surface area (Å²) in [5.74, 6) is -0.214. The summed E-state index contributed by atoms with van der Waals surface area (Å²) < 4.78 is 51.9. The molecule has 168 valence electrons. The van der Waals surface area contributed by atoms with Crippen molar-refractivity contribution in [2.45, 2.75) is 36.6 Å². The molecule has 2 aromatic rings. The Morgan fingerprint density at radius 3 is 2.56 bits per heavy atom. The van der Waals surface area contributed by atoms with Crippen molar-refractivity contribution in [2.24, 2.45) is 0 Å². The minimum absolute atomic E-state index is 0.00412. The number of nitrogens with zero attached hydrogens (tertiary/aromatic N) is 1. The summed E-state index contributed by atoms with van der Waals surface area (Å²) in [6.45, 7) is 0. The summed E-state index contributed by atoms with van der Waals surface area (Å²) in [6.07, 6.45) is -0.516. The molecule has 1 N–H and O–H groups in total. The topological polar surface area (TPSA) is 83.6 Å². The van der Waals surface area contributed by atoms with Crippen LogP contribution in [0.15, 0.2) is 63.1 Å². The van der Waals surface area contributed by atoms with Crippen molar-refractivity contribution in [3.05, 3.63) is 69.3 Å². The fourth-order valence-electron chi connectivity index (χ4n) is 4.16. The van der Waals surface area contributed by atoms with Gasteiger partial charge >= 0.3 is 6.03 Å². The van der Waals surface area contributed by atoms with E-state index in [2.05, 4.69) is 21.2 Å². The van der Waals surface area contributed by atoms with Gasteiger partial charge in [-0.2, -0.15) is 0 Å².